The highest BCUT2D eigenvalue weighted by atomic mass is 16.5. The minimum absolute atomic E-state index is 0.0123. The molecule has 1 N–H and O–H groups in total. The van der Waals surface area contributed by atoms with Crippen LogP contribution in [-0.2, 0) is 14.3 Å². The van der Waals surface area contributed by atoms with E-state index in [-0.39, 0.29) is 11.9 Å². The second kappa shape index (κ2) is 7.53. The van der Waals surface area contributed by atoms with Gasteiger partial charge in [0.15, 0.2) is 0 Å². The molecule has 1 aliphatic carbocycles. The number of carbonyl (C=O) groups is 1. The van der Waals surface area contributed by atoms with Crippen molar-refractivity contribution in [3.05, 3.63) is 12.3 Å². The Kier molecular flexibility index (Phi) is 5.70. The van der Waals surface area contributed by atoms with Crippen LogP contribution in [0.5, 0.6) is 0 Å². The summed E-state index contributed by atoms with van der Waals surface area (Å²) in [6.45, 7) is 3.27. The maximum Gasteiger partial charge on any atom is 0.308 e. The van der Waals surface area contributed by atoms with E-state index in [9.17, 15) is 4.79 Å². The van der Waals surface area contributed by atoms with E-state index in [0.29, 0.717) is 18.8 Å². The van der Waals surface area contributed by atoms with Crippen LogP contribution in [0, 0.1) is 5.92 Å². The van der Waals surface area contributed by atoms with Crippen LogP contribution in [0.15, 0.2) is 12.3 Å². The second-order valence-electron chi connectivity index (χ2n) is 5.42. The largest absolute Gasteiger partial charge is 0.497 e. The van der Waals surface area contributed by atoms with Crippen molar-refractivity contribution in [3.63, 3.8) is 0 Å². The molecule has 0 bridgehead atoms. The third-order valence-electron chi connectivity index (χ3n) is 4.00. The number of allylic oxidation sites excluding steroid dienone is 1. The number of nitrogens with one attached hydrogen (secondary N) is 1. The van der Waals surface area contributed by atoms with Gasteiger partial charge in [0.25, 0.3) is 0 Å². The van der Waals surface area contributed by atoms with Gasteiger partial charge >= 0.3 is 5.97 Å². The molecule has 19 heavy (non-hydrogen) atoms. The predicted molar refractivity (Wildman–Crippen MR) is 73.6 cm³/mol. The van der Waals surface area contributed by atoms with Crippen LogP contribution in [-0.4, -0.2) is 31.3 Å². The molecule has 1 fully saturated rings. The Morgan fingerprint density at radius 2 is 2.11 bits per heavy atom. The monoisotopic (exact) mass is 267 g/mol. The van der Waals surface area contributed by atoms with Gasteiger partial charge in [0, 0.05) is 12.6 Å². The molecule has 108 valence electrons. The van der Waals surface area contributed by atoms with E-state index in [1.165, 1.54) is 0 Å². The van der Waals surface area contributed by atoms with Gasteiger partial charge in [-0.3, -0.25) is 4.79 Å². The molecule has 1 unspecified atom stereocenters. The minimum atomic E-state index is -0.0123. The Morgan fingerprint density at radius 3 is 2.74 bits per heavy atom. The number of hydrogen-bond acceptors (Lipinski definition) is 4. The normalized spacial score (nSPS) is 30.7. The molecule has 1 heterocycles. The quantitative estimate of drug-likeness (QED) is 0.777. The highest BCUT2D eigenvalue weighted by molar-refractivity contribution is 5.72. The first-order valence-electron chi connectivity index (χ1n) is 7.50. The number of carbonyl (C=O) groups excluding carboxylic acids is 1. The molecule has 1 aliphatic heterocycles. The molecule has 0 saturated heterocycles. The van der Waals surface area contributed by atoms with Gasteiger partial charge in [-0.2, -0.15) is 0 Å². The number of hydrogen-bond donors (Lipinski definition) is 1. The molecular weight excluding hydrogens is 242 g/mol. The third kappa shape index (κ3) is 4.53. The summed E-state index contributed by atoms with van der Waals surface area (Å²) in [6.07, 6.45) is 10.4. The molecule has 0 amide bonds. The molecule has 1 atom stereocenters. The van der Waals surface area contributed by atoms with Gasteiger partial charge in [-0.1, -0.05) is 0 Å². The first-order chi connectivity index (χ1) is 9.29. The average Bonchev–Trinajstić information content (AvgIpc) is 2.47. The van der Waals surface area contributed by atoms with Crippen LogP contribution >= 0.6 is 0 Å². The highest BCUT2D eigenvalue weighted by Gasteiger charge is 2.27. The Balaban J connectivity index is 1.63. The van der Waals surface area contributed by atoms with Crippen molar-refractivity contribution in [1.82, 2.24) is 5.32 Å². The van der Waals surface area contributed by atoms with E-state index in [0.717, 1.165) is 45.1 Å². The zero-order chi connectivity index (χ0) is 13.5. The van der Waals surface area contributed by atoms with E-state index in [1.54, 1.807) is 0 Å². The molecule has 1 saturated carbocycles. The summed E-state index contributed by atoms with van der Waals surface area (Å²) in [5.41, 5.74) is 0. The lowest BCUT2D eigenvalue weighted by molar-refractivity contribution is -0.149. The van der Waals surface area contributed by atoms with Crippen molar-refractivity contribution in [2.75, 3.05) is 13.2 Å². The Labute approximate surface area is 115 Å². The van der Waals surface area contributed by atoms with Gasteiger partial charge in [0.1, 0.15) is 6.10 Å². The molecule has 2 aliphatic rings. The van der Waals surface area contributed by atoms with Gasteiger partial charge < -0.3 is 14.8 Å². The molecule has 0 aromatic heterocycles. The number of ether oxygens (including phenoxy) is 2. The van der Waals surface area contributed by atoms with Crippen LogP contribution in [0.25, 0.3) is 0 Å². The molecule has 0 aromatic rings. The van der Waals surface area contributed by atoms with Gasteiger partial charge in [-0.25, -0.2) is 0 Å². The summed E-state index contributed by atoms with van der Waals surface area (Å²) in [6, 6.07) is 0.528. The fourth-order valence-corrected chi connectivity index (χ4v) is 2.83. The maximum atomic E-state index is 11.6. The standard InChI is InChI=1S/C15H25NO3/c1-2-18-15(17)12-6-8-13(9-7-12)16-11-14-5-3-4-10-19-14/h4,10,12-14,16H,2-3,5-9,11H2,1H3. The van der Waals surface area contributed by atoms with Crippen LogP contribution < -0.4 is 5.32 Å². The second-order valence-corrected chi connectivity index (χ2v) is 5.42. The average molecular weight is 267 g/mol. The molecule has 2 rings (SSSR count). The van der Waals surface area contributed by atoms with Crippen LogP contribution in [0.2, 0.25) is 0 Å². The Hall–Kier alpha value is -1.03. The zero-order valence-electron chi connectivity index (χ0n) is 11.8. The van der Waals surface area contributed by atoms with Gasteiger partial charge in [0.2, 0.25) is 0 Å². The Bertz CT molecular complexity index is 309. The topological polar surface area (TPSA) is 47.6 Å². The van der Waals surface area contributed by atoms with E-state index < -0.39 is 0 Å². The minimum Gasteiger partial charge on any atom is -0.497 e. The van der Waals surface area contributed by atoms with Gasteiger partial charge in [0.05, 0.1) is 18.8 Å². The Morgan fingerprint density at radius 1 is 1.32 bits per heavy atom. The smallest absolute Gasteiger partial charge is 0.308 e. The predicted octanol–water partition coefficient (Wildman–Crippen LogP) is 2.39. The first kappa shape index (κ1) is 14.4. The molecule has 0 spiro atoms. The fraction of sp³-hybridized carbons (Fsp3) is 0.800. The van der Waals surface area contributed by atoms with Crippen molar-refractivity contribution in [3.8, 4) is 0 Å². The van der Waals surface area contributed by atoms with E-state index >= 15 is 0 Å². The van der Waals surface area contributed by atoms with Crippen LogP contribution in [0.1, 0.15) is 45.4 Å². The van der Waals surface area contributed by atoms with Crippen molar-refractivity contribution in [2.45, 2.75) is 57.6 Å². The van der Waals surface area contributed by atoms with Crippen molar-refractivity contribution < 1.29 is 14.3 Å². The summed E-state index contributed by atoms with van der Waals surface area (Å²) >= 11 is 0. The summed E-state index contributed by atoms with van der Waals surface area (Å²) in [4.78, 5) is 11.6. The van der Waals surface area contributed by atoms with Crippen molar-refractivity contribution in [2.24, 2.45) is 5.92 Å². The van der Waals surface area contributed by atoms with Crippen LogP contribution in [0.4, 0.5) is 0 Å². The molecule has 0 aromatic carbocycles. The SMILES string of the molecule is CCOC(=O)C1CCC(NCC2CCC=CO2)CC1. The molecule has 0 radical (unpaired) electrons. The fourth-order valence-electron chi connectivity index (χ4n) is 2.83. The van der Waals surface area contributed by atoms with Crippen molar-refractivity contribution in [1.29, 1.82) is 0 Å². The maximum absolute atomic E-state index is 11.6. The molecular formula is C15H25NO3. The summed E-state index contributed by atoms with van der Waals surface area (Å²) in [5.74, 6) is 0.105. The lowest BCUT2D eigenvalue weighted by Gasteiger charge is -2.29. The highest BCUT2D eigenvalue weighted by Crippen LogP contribution is 2.25. The van der Waals surface area contributed by atoms with Gasteiger partial charge in [-0.15, -0.1) is 0 Å². The lowest BCUT2D eigenvalue weighted by atomic mass is 9.86. The van der Waals surface area contributed by atoms with E-state index in [2.05, 4.69) is 11.4 Å². The number of rotatable bonds is 5. The number of esters is 1. The third-order valence-corrected chi connectivity index (χ3v) is 4.00. The summed E-state index contributed by atoms with van der Waals surface area (Å²) in [5, 5.41) is 3.57. The summed E-state index contributed by atoms with van der Waals surface area (Å²) < 4.78 is 10.6. The zero-order valence-corrected chi connectivity index (χ0v) is 11.8. The van der Waals surface area contributed by atoms with Crippen molar-refractivity contribution >= 4 is 5.97 Å². The first-order valence-corrected chi connectivity index (χ1v) is 7.50. The lowest BCUT2D eigenvalue weighted by Crippen LogP contribution is -2.40. The summed E-state index contributed by atoms with van der Waals surface area (Å²) in [7, 11) is 0. The van der Waals surface area contributed by atoms with Gasteiger partial charge in [-0.05, 0) is 51.5 Å². The molecule has 4 heteroatoms. The van der Waals surface area contributed by atoms with E-state index in [4.69, 9.17) is 9.47 Å². The van der Waals surface area contributed by atoms with Crippen LogP contribution in [0.3, 0.4) is 0 Å². The molecule has 4 nitrogen and oxygen atoms in total. The van der Waals surface area contributed by atoms with E-state index in [1.807, 2.05) is 13.2 Å².